The van der Waals surface area contributed by atoms with Crippen LogP contribution in [0.15, 0.2) is 73.4 Å². The number of anilines is 4. The summed E-state index contributed by atoms with van der Waals surface area (Å²) in [4.78, 5) is 31.9. The minimum atomic E-state index is -0.251. The van der Waals surface area contributed by atoms with Crippen LogP contribution in [0.4, 0.5) is 27.5 Å². The van der Waals surface area contributed by atoms with E-state index in [9.17, 15) is 9.18 Å². The standard InChI is InChI=1S/C29H31FN8O/c1-19-15-25(7-8-26(19)30)35-27-9-12-33-29(37-27)36-23-5-3-21(4-6-23)28(39)38-13-10-24(11-14-38)34-20(2)22-16-31-18-32-17-22/h3-9,12,15-18,20,24,34H,10-11,13-14H2,1-2H3,(H2,33,35,36,37). The second-order valence-electron chi connectivity index (χ2n) is 9.68. The first-order chi connectivity index (χ1) is 18.9. The van der Waals surface area contributed by atoms with E-state index in [1.807, 2.05) is 41.6 Å². The molecule has 0 aliphatic carbocycles. The summed E-state index contributed by atoms with van der Waals surface area (Å²) in [7, 11) is 0. The summed E-state index contributed by atoms with van der Waals surface area (Å²) in [6, 6.07) is 14.4. The van der Waals surface area contributed by atoms with Gasteiger partial charge in [0.15, 0.2) is 0 Å². The van der Waals surface area contributed by atoms with E-state index in [0.29, 0.717) is 42.0 Å². The van der Waals surface area contributed by atoms with Crippen LogP contribution in [-0.2, 0) is 0 Å². The molecule has 1 amide bonds. The number of rotatable bonds is 8. The van der Waals surface area contributed by atoms with Gasteiger partial charge in [0.25, 0.3) is 5.91 Å². The Morgan fingerprint density at radius 3 is 2.44 bits per heavy atom. The number of carbonyl (C=O) groups is 1. The first-order valence-corrected chi connectivity index (χ1v) is 13.0. The maximum atomic E-state index is 13.5. The van der Waals surface area contributed by atoms with Crippen LogP contribution in [0.2, 0.25) is 0 Å². The Balaban J connectivity index is 1.13. The Hall–Kier alpha value is -4.44. The molecular weight excluding hydrogens is 495 g/mol. The molecule has 1 saturated heterocycles. The normalized spacial score (nSPS) is 14.6. The van der Waals surface area contributed by atoms with Gasteiger partial charge >= 0.3 is 0 Å². The highest BCUT2D eigenvalue weighted by Gasteiger charge is 2.24. The number of likely N-dealkylation sites (tertiary alicyclic amines) is 1. The number of amides is 1. The van der Waals surface area contributed by atoms with E-state index in [4.69, 9.17) is 0 Å². The number of nitrogens with zero attached hydrogens (tertiary/aromatic N) is 5. The Labute approximate surface area is 226 Å². The maximum Gasteiger partial charge on any atom is 0.253 e. The van der Waals surface area contributed by atoms with Crippen LogP contribution in [-0.4, -0.2) is 49.9 Å². The fourth-order valence-corrected chi connectivity index (χ4v) is 4.60. The Morgan fingerprint density at radius 2 is 1.72 bits per heavy atom. The van der Waals surface area contributed by atoms with Crippen molar-refractivity contribution >= 4 is 29.0 Å². The summed E-state index contributed by atoms with van der Waals surface area (Å²) in [5, 5.41) is 9.96. The van der Waals surface area contributed by atoms with E-state index in [1.165, 1.54) is 12.4 Å². The SMILES string of the molecule is Cc1cc(Nc2ccnc(Nc3ccc(C(=O)N4CCC(NC(C)c5cncnc5)CC4)cc3)n2)ccc1F. The van der Waals surface area contributed by atoms with Gasteiger partial charge in [-0.25, -0.2) is 19.3 Å². The first-order valence-electron chi connectivity index (χ1n) is 13.0. The average Bonchev–Trinajstić information content (AvgIpc) is 2.96. The topological polar surface area (TPSA) is 108 Å². The van der Waals surface area contributed by atoms with E-state index in [2.05, 4.69) is 42.8 Å². The lowest BCUT2D eigenvalue weighted by atomic mass is 10.0. The second kappa shape index (κ2) is 12.0. The Bertz CT molecular complexity index is 1410. The molecule has 3 N–H and O–H groups in total. The lowest BCUT2D eigenvalue weighted by Gasteiger charge is -2.34. The third-order valence-corrected chi connectivity index (χ3v) is 6.82. The number of hydrogen-bond acceptors (Lipinski definition) is 8. The molecule has 10 heteroatoms. The molecule has 0 spiro atoms. The van der Waals surface area contributed by atoms with Crippen LogP contribution in [0.5, 0.6) is 0 Å². The van der Waals surface area contributed by atoms with Gasteiger partial charge in [-0.2, -0.15) is 4.98 Å². The smallest absolute Gasteiger partial charge is 0.253 e. The minimum absolute atomic E-state index is 0.0292. The molecule has 9 nitrogen and oxygen atoms in total. The minimum Gasteiger partial charge on any atom is -0.340 e. The zero-order chi connectivity index (χ0) is 27.2. The molecule has 1 aliphatic rings. The van der Waals surface area contributed by atoms with E-state index in [-0.39, 0.29) is 17.8 Å². The molecule has 5 rings (SSSR count). The summed E-state index contributed by atoms with van der Waals surface area (Å²) in [6.45, 7) is 5.23. The zero-order valence-corrected chi connectivity index (χ0v) is 21.9. The van der Waals surface area contributed by atoms with E-state index < -0.39 is 0 Å². The van der Waals surface area contributed by atoms with Gasteiger partial charge in [-0.1, -0.05) is 0 Å². The van der Waals surface area contributed by atoms with Crippen LogP contribution in [0, 0.1) is 12.7 Å². The summed E-state index contributed by atoms with van der Waals surface area (Å²) in [6.07, 6.45) is 8.61. The monoisotopic (exact) mass is 526 g/mol. The summed E-state index contributed by atoms with van der Waals surface area (Å²) in [5.74, 6) is 0.762. The van der Waals surface area contributed by atoms with Gasteiger partial charge < -0.3 is 20.9 Å². The van der Waals surface area contributed by atoms with Crippen molar-refractivity contribution in [3.63, 3.8) is 0 Å². The molecule has 3 heterocycles. The molecule has 1 fully saturated rings. The van der Waals surface area contributed by atoms with Crippen LogP contribution < -0.4 is 16.0 Å². The molecule has 2 aromatic carbocycles. The van der Waals surface area contributed by atoms with Crippen molar-refractivity contribution < 1.29 is 9.18 Å². The summed E-state index contributed by atoms with van der Waals surface area (Å²) >= 11 is 0. The number of halogens is 1. The van der Waals surface area contributed by atoms with Crippen molar-refractivity contribution in [3.8, 4) is 0 Å². The van der Waals surface area contributed by atoms with Crippen LogP contribution in [0.25, 0.3) is 0 Å². The van der Waals surface area contributed by atoms with Crippen LogP contribution in [0.3, 0.4) is 0 Å². The molecule has 1 aliphatic heterocycles. The number of hydrogen-bond donors (Lipinski definition) is 3. The average molecular weight is 527 g/mol. The first kappa shape index (κ1) is 26.2. The summed E-state index contributed by atoms with van der Waals surface area (Å²) in [5.41, 5.74) is 3.76. The highest BCUT2D eigenvalue weighted by molar-refractivity contribution is 5.94. The molecule has 1 unspecified atom stereocenters. The van der Waals surface area contributed by atoms with Crippen molar-refractivity contribution in [2.45, 2.75) is 38.8 Å². The number of piperidine rings is 1. The van der Waals surface area contributed by atoms with Gasteiger partial charge in [0.2, 0.25) is 5.95 Å². The van der Waals surface area contributed by atoms with Crippen molar-refractivity contribution in [1.82, 2.24) is 30.2 Å². The van der Waals surface area contributed by atoms with Crippen LogP contribution >= 0.6 is 0 Å². The Kier molecular flexibility index (Phi) is 8.02. The van der Waals surface area contributed by atoms with Gasteiger partial charge in [-0.3, -0.25) is 4.79 Å². The molecule has 4 aromatic rings. The van der Waals surface area contributed by atoms with E-state index >= 15 is 0 Å². The molecule has 200 valence electrons. The predicted octanol–water partition coefficient (Wildman–Crippen LogP) is 5.16. The lowest BCUT2D eigenvalue weighted by molar-refractivity contribution is 0.0702. The number of aromatic nitrogens is 4. The molecule has 39 heavy (non-hydrogen) atoms. The molecule has 0 radical (unpaired) electrons. The van der Waals surface area contributed by atoms with E-state index in [1.54, 1.807) is 31.3 Å². The fraction of sp³-hybridized carbons (Fsp3) is 0.276. The number of carbonyl (C=O) groups excluding carboxylic acids is 1. The van der Waals surface area contributed by atoms with Gasteiger partial charge in [-0.05, 0) is 80.8 Å². The molecule has 0 saturated carbocycles. The van der Waals surface area contributed by atoms with E-state index in [0.717, 1.165) is 29.8 Å². The lowest BCUT2D eigenvalue weighted by Crippen LogP contribution is -2.45. The molecule has 2 aromatic heterocycles. The van der Waals surface area contributed by atoms with Crippen molar-refractivity contribution in [2.75, 3.05) is 23.7 Å². The van der Waals surface area contributed by atoms with Gasteiger partial charge in [0.1, 0.15) is 18.0 Å². The molecule has 1 atom stereocenters. The Morgan fingerprint density at radius 1 is 1.00 bits per heavy atom. The second-order valence-corrected chi connectivity index (χ2v) is 9.68. The quantitative estimate of drug-likeness (QED) is 0.289. The van der Waals surface area contributed by atoms with Crippen molar-refractivity contribution in [2.24, 2.45) is 0 Å². The third-order valence-electron chi connectivity index (χ3n) is 6.82. The van der Waals surface area contributed by atoms with Crippen LogP contribution in [0.1, 0.15) is 47.3 Å². The maximum absolute atomic E-state index is 13.5. The largest absolute Gasteiger partial charge is 0.340 e. The zero-order valence-electron chi connectivity index (χ0n) is 21.9. The molecule has 0 bridgehead atoms. The van der Waals surface area contributed by atoms with Crippen molar-refractivity contribution in [1.29, 1.82) is 0 Å². The van der Waals surface area contributed by atoms with Crippen molar-refractivity contribution in [3.05, 3.63) is 96.0 Å². The highest BCUT2D eigenvalue weighted by Crippen LogP contribution is 2.22. The van der Waals surface area contributed by atoms with Gasteiger partial charge in [0.05, 0.1) is 0 Å². The number of nitrogens with one attached hydrogen (secondary N) is 3. The number of benzene rings is 2. The fourth-order valence-electron chi connectivity index (χ4n) is 4.60. The summed E-state index contributed by atoms with van der Waals surface area (Å²) < 4.78 is 13.5. The predicted molar refractivity (Wildman–Crippen MR) is 149 cm³/mol. The molecular formula is C29H31FN8O. The third kappa shape index (κ3) is 6.71. The highest BCUT2D eigenvalue weighted by atomic mass is 19.1. The number of aryl methyl sites for hydroxylation is 1. The van der Waals surface area contributed by atoms with Gasteiger partial charge in [-0.15, -0.1) is 0 Å². The van der Waals surface area contributed by atoms with Gasteiger partial charge in [0, 0.05) is 66.3 Å².